The second-order valence-electron chi connectivity index (χ2n) is 8.12. The van der Waals surface area contributed by atoms with Gasteiger partial charge in [-0.25, -0.2) is 9.69 Å². The number of aryl methyl sites for hydroxylation is 2. The molecule has 2 aromatic carbocycles. The molecule has 4 rings (SSSR count). The molecule has 1 saturated carbocycles. The molecule has 0 aromatic heterocycles. The van der Waals surface area contributed by atoms with E-state index in [9.17, 15) is 19.2 Å². The van der Waals surface area contributed by atoms with Crippen LogP contribution in [0.15, 0.2) is 36.4 Å². The summed E-state index contributed by atoms with van der Waals surface area (Å²) in [6.45, 7) is 3.34. The number of fused-ring (bicyclic) bond motifs is 1. The van der Waals surface area contributed by atoms with Crippen LogP contribution < -0.4 is 10.2 Å². The topological polar surface area (TPSA) is 92.8 Å². The van der Waals surface area contributed by atoms with Gasteiger partial charge in [0.15, 0.2) is 6.61 Å². The molecule has 2 aromatic rings. The fraction of sp³-hybridized carbons (Fsp3) is 0.333. The number of hydrogen-bond donors (Lipinski definition) is 1. The summed E-state index contributed by atoms with van der Waals surface area (Å²) < 4.78 is 5.11. The Morgan fingerprint density at radius 3 is 2.45 bits per heavy atom. The van der Waals surface area contributed by atoms with Crippen molar-refractivity contribution in [3.8, 4) is 0 Å². The average molecular weight is 420 g/mol. The summed E-state index contributed by atoms with van der Waals surface area (Å²) in [4.78, 5) is 51.4. The van der Waals surface area contributed by atoms with E-state index < -0.39 is 17.8 Å². The molecule has 1 heterocycles. The van der Waals surface area contributed by atoms with Crippen molar-refractivity contribution >= 4 is 29.4 Å². The zero-order valence-electron chi connectivity index (χ0n) is 17.6. The number of benzene rings is 2. The fourth-order valence-corrected chi connectivity index (χ4v) is 4.10. The molecule has 160 valence electrons. The largest absolute Gasteiger partial charge is 0.452 e. The highest BCUT2D eigenvalue weighted by molar-refractivity contribution is 6.35. The molecule has 2 aliphatic rings. The molecule has 0 unspecified atom stereocenters. The summed E-state index contributed by atoms with van der Waals surface area (Å²) in [5, 5.41) is 2.85. The smallest absolute Gasteiger partial charge is 0.338 e. The Morgan fingerprint density at radius 1 is 1.00 bits per heavy atom. The molecule has 1 aliphatic carbocycles. The van der Waals surface area contributed by atoms with E-state index in [1.165, 1.54) is 18.2 Å². The first kappa shape index (κ1) is 20.8. The number of rotatable bonds is 5. The van der Waals surface area contributed by atoms with Crippen molar-refractivity contribution in [3.05, 3.63) is 64.2 Å². The number of hydrogen-bond acceptors (Lipinski definition) is 5. The molecule has 7 nitrogen and oxygen atoms in total. The van der Waals surface area contributed by atoms with Crippen molar-refractivity contribution in [1.29, 1.82) is 0 Å². The molecule has 3 amide bonds. The highest BCUT2D eigenvalue weighted by atomic mass is 16.5. The van der Waals surface area contributed by atoms with Gasteiger partial charge in [-0.05, 0) is 62.1 Å². The minimum absolute atomic E-state index is 0.122. The molecule has 0 saturated heterocycles. The van der Waals surface area contributed by atoms with Gasteiger partial charge in [-0.1, -0.05) is 25.0 Å². The summed E-state index contributed by atoms with van der Waals surface area (Å²) in [6.07, 6.45) is 4.06. The number of carbonyl (C=O) groups excluding carboxylic acids is 4. The van der Waals surface area contributed by atoms with Gasteiger partial charge in [0.2, 0.25) is 0 Å². The maximum absolute atomic E-state index is 13.0. The van der Waals surface area contributed by atoms with Gasteiger partial charge in [0, 0.05) is 6.04 Å². The van der Waals surface area contributed by atoms with Gasteiger partial charge in [-0.3, -0.25) is 14.4 Å². The van der Waals surface area contributed by atoms with Crippen molar-refractivity contribution in [2.75, 3.05) is 11.5 Å². The van der Waals surface area contributed by atoms with Crippen LogP contribution in [0.5, 0.6) is 0 Å². The number of ether oxygens (including phenoxy) is 1. The van der Waals surface area contributed by atoms with Crippen molar-refractivity contribution in [2.24, 2.45) is 0 Å². The summed E-state index contributed by atoms with van der Waals surface area (Å²) >= 11 is 0. The third kappa shape index (κ3) is 4.08. The molecule has 0 spiro atoms. The predicted molar refractivity (Wildman–Crippen MR) is 114 cm³/mol. The lowest BCUT2D eigenvalue weighted by molar-refractivity contribution is -0.124. The predicted octanol–water partition coefficient (Wildman–Crippen LogP) is 3.32. The Balaban J connectivity index is 1.48. The van der Waals surface area contributed by atoms with Gasteiger partial charge in [0.1, 0.15) is 0 Å². The van der Waals surface area contributed by atoms with E-state index in [1.807, 2.05) is 26.0 Å². The highest BCUT2D eigenvalue weighted by Gasteiger charge is 2.38. The minimum Gasteiger partial charge on any atom is -0.452 e. The number of esters is 1. The summed E-state index contributed by atoms with van der Waals surface area (Å²) in [7, 11) is 0. The van der Waals surface area contributed by atoms with Crippen molar-refractivity contribution < 1.29 is 23.9 Å². The van der Waals surface area contributed by atoms with Gasteiger partial charge >= 0.3 is 5.97 Å². The zero-order chi connectivity index (χ0) is 22.1. The van der Waals surface area contributed by atoms with Crippen molar-refractivity contribution in [2.45, 2.75) is 45.6 Å². The average Bonchev–Trinajstić information content (AvgIpc) is 3.34. The van der Waals surface area contributed by atoms with E-state index in [0.717, 1.165) is 41.7 Å². The van der Waals surface area contributed by atoms with Crippen LogP contribution in [0.25, 0.3) is 0 Å². The lowest BCUT2D eigenvalue weighted by Gasteiger charge is -2.17. The Labute approximate surface area is 180 Å². The standard InChI is InChI=1S/C24H24N2O5/c1-14-7-8-15(2)20(11-14)26-22(28)18-10-9-16(12-19(18)23(26)29)24(30)31-13-21(27)25-17-5-3-4-6-17/h7-12,17H,3-6,13H2,1-2H3,(H,25,27). The molecule has 1 fully saturated rings. The summed E-state index contributed by atoms with van der Waals surface area (Å²) in [6, 6.07) is 9.95. The van der Waals surface area contributed by atoms with Crippen molar-refractivity contribution in [1.82, 2.24) is 5.32 Å². The van der Waals surface area contributed by atoms with E-state index >= 15 is 0 Å². The molecular formula is C24H24N2O5. The first-order valence-corrected chi connectivity index (χ1v) is 10.4. The third-order valence-corrected chi connectivity index (χ3v) is 5.78. The first-order chi connectivity index (χ1) is 14.8. The van der Waals surface area contributed by atoms with Gasteiger partial charge in [0.25, 0.3) is 17.7 Å². The number of anilines is 1. The summed E-state index contributed by atoms with van der Waals surface area (Å²) in [5.74, 6) is -1.96. The van der Waals surface area contributed by atoms with Crippen molar-refractivity contribution in [3.63, 3.8) is 0 Å². The van der Waals surface area contributed by atoms with Gasteiger partial charge in [-0.2, -0.15) is 0 Å². The molecule has 7 heteroatoms. The zero-order valence-corrected chi connectivity index (χ0v) is 17.6. The Hall–Kier alpha value is -3.48. The quantitative estimate of drug-likeness (QED) is 0.592. The molecule has 1 N–H and O–H groups in total. The van der Waals surface area contributed by atoms with Crippen LogP contribution >= 0.6 is 0 Å². The maximum atomic E-state index is 13.0. The van der Waals surface area contributed by atoms with E-state index in [0.29, 0.717) is 5.69 Å². The number of imide groups is 1. The normalized spacial score (nSPS) is 15.9. The minimum atomic E-state index is -0.713. The number of nitrogens with one attached hydrogen (secondary N) is 1. The van der Waals surface area contributed by atoms with E-state index in [2.05, 4.69) is 5.32 Å². The van der Waals surface area contributed by atoms with Crippen LogP contribution in [0.4, 0.5) is 5.69 Å². The Morgan fingerprint density at radius 2 is 1.71 bits per heavy atom. The van der Waals surface area contributed by atoms with Crippen LogP contribution in [0.2, 0.25) is 0 Å². The number of carbonyl (C=O) groups is 4. The number of nitrogens with zero attached hydrogens (tertiary/aromatic N) is 1. The highest BCUT2D eigenvalue weighted by Crippen LogP contribution is 2.31. The van der Waals surface area contributed by atoms with Crippen LogP contribution in [0, 0.1) is 13.8 Å². The third-order valence-electron chi connectivity index (χ3n) is 5.78. The van der Waals surface area contributed by atoms with Gasteiger partial charge < -0.3 is 10.1 Å². The van der Waals surface area contributed by atoms with Gasteiger partial charge in [-0.15, -0.1) is 0 Å². The first-order valence-electron chi connectivity index (χ1n) is 10.4. The molecule has 31 heavy (non-hydrogen) atoms. The van der Waals surface area contributed by atoms with Crippen LogP contribution in [-0.2, 0) is 9.53 Å². The van der Waals surface area contributed by atoms with Crippen LogP contribution in [0.1, 0.15) is 67.9 Å². The molecular weight excluding hydrogens is 396 g/mol. The lowest BCUT2D eigenvalue weighted by Crippen LogP contribution is -2.35. The molecule has 0 bridgehead atoms. The van der Waals surface area contributed by atoms with E-state index in [-0.39, 0.29) is 35.2 Å². The maximum Gasteiger partial charge on any atom is 0.338 e. The van der Waals surface area contributed by atoms with Gasteiger partial charge in [0.05, 0.1) is 22.4 Å². The van der Waals surface area contributed by atoms with E-state index in [4.69, 9.17) is 4.74 Å². The van der Waals surface area contributed by atoms with E-state index in [1.54, 1.807) is 6.07 Å². The Bertz CT molecular complexity index is 1090. The molecule has 1 aliphatic heterocycles. The monoisotopic (exact) mass is 420 g/mol. The second-order valence-corrected chi connectivity index (χ2v) is 8.12. The summed E-state index contributed by atoms with van der Waals surface area (Å²) in [5.41, 5.74) is 2.76. The second kappa shape index (κ2) is 8.34. The van der Waals surface area contributed by atoms with Crippen LogP contribution in [-0.4, -0.2) is 36.3 Å². The fourth-order valence-electron chi connectivity index (χ4n) is 4.10. The molecule has 0 radical (unpaired) electrons. The SMILES string of the molecule is Cc1ccc(C)c(N2C(=O)c3ccc(C(=O)OCC(=O)NC4CCCC4)cc3C2=O)c1. The molecule has 0 atom stereocenters. The Kier molecular flexibility index (Phi) is 5.59. The van der Waals surface area contributed by atoms with Crippen LogP contribution in [0.3, 0.4) is 0 Å². The lowest BCUT2D eigenvalue weighted by atomic mass is 10.1. The number of amides is 3.